The van der Waals surface area contributed by atoms with Crippen molar-refractivity contribution in [3.05, 3.63) is 42.0 Å². The summed E-state index contributed by atoms with van der Waals surface area (Å²) in [4.78, 5) is 0. The second-order valence-corrected chi connectivity index (χ2v) is 5.27. The Balaban J connectivity index is 2.06. The lowest BCUT2D eigenvalue weighted by Gasteiger charge is -2.20. The third kappa shape index (κ3) is 2.45. The number of methoxy groups -OCH3 is 1. The first-order valence-electron chi connectivity index (χ1n) is 7.19. The fraction of sp³-hybridized carbons (Fsp3) is 0.412. The third-order valence-electron chi connectivity index (χ3n) is 4.05. The molecule has 0 amide bonds. The first-order chi connectivity index (χ1) is 9.40. The van der Waals surface area contributed by atoms with Gasteiger partial charge in [0.1, 0.15) is 5.75 Å². The van der Waals surface area contributed by atoms with Gasteiger partial charge in [0.2, 0.25) is 0 Å². The van der Waals surface area contributed by atoms with E-state index in [0.717, 1.165) is 12.3 Å². The zero-order valence-corrected chi connectivity index (χ0v) is 11.5. The number of hydrogen-bond acceptors (Lipinski definition) is 2. The van der Waals surface area contributed by atoms with Crippen LogP contribution in [0.3, 0.4) is 0 Å². The van der Waals surface area contributed by atoms with Crippen molar-refractivity contribution in [3.8, 4) is 5.75 Å². The van der Waals surface area contributed by atoms with Crippen molar-refractivity contribution in [2.45, 2.75) is 31.7 Å². The fourth-order valence-corrected chi connectivity index (χ4v) is 3.06. The lowest BCUT2D eigenvalue weighted by Crippen LogP contribution is -2.20. The lowest BCUT2D eigenvalue weighted by molar-refractivity contribution is 0.402. The molecule has 1 saturated heterocycles. The summed E-state index contributed by atoms with van der Waals surface area (Å²) >= 11 is 0. The van der Waals surface area contributed by atoms with Crippen molar-refractivity contribution in [3.63, 3.8) is 0 Å². The molecule has 1 unspecified atom stereocenters. The Morgan fingerprint density at radius 2 is 1.95 bits per heavy atom. The molecule has 0 aromatic heterocycles. The summed E-state index contributed by atoms with van der Waals surface area (Å²) in [6.45, 7) is 1.11. The van der Waals surface area contributed by atoms with E-state index in [2.05, 4.69) is 41.7 Å². The zero-order valence-electron chi connectivity index (χ0n) is 11.5. The van der Waals surface area contributed by atoms with Crippen molar-refractivity contribution in [1.82, 2.24) is 5.32 Å². The maximum Gasteiger partial charge on any atom is 0.131 e. The molecule has 0 saturated carbocycles. The van der Waals surface area contributed by atoms with Gasteiger partial charge in [0.25, 0.3) is 0 Å². The van der Waals surface area contributed by atoms with E-state index in [4.69, 9.17) is 4.74 Å². The molecule has 1 atom stereocenters. The van der Waals surface area contributed by atoms with Gasteiger partial charge in [-0.05, 0) is 24.8 Å². The number of nitrogens with one attached hydrogen (secondary N) is 1. The number of ether oxygens (including phenoxy) is 1. The van der Waals surface area contributed by atoms with E-state index in [-0.39, 0.29) is 0 Å². The highest BCUT2D eigenvalue weighted by Crippen LogP contribution is 2.35. The van der Waals surface area contributed by atoms with Crippen LogP contribution in [-0.4, -0.2) is 13.7 Å². The molecule has 0 bridgehead atoms. The van der Waals surface area contributed by atoms with Crippen LogP contribution in [0.15, 0.2) is 36.4 Å². The van der Waals surface area contributed by atoms with Crippen LogP contribution in [-0.2, 0) is 0 Å². The third-order valence-corrected chi connectivity index (χ3v) is 4.05. The molecule has 2 heteroatoms. The molecule has 2 aromatic carbocycles. The largest absolute Gasteiger partial charge is 0.496 e. The van der Waals surface area contributed by atoms with Crippen LogP contribution in [0.2, 0.25) is 0 Å². The molecule has 0 spiro atoms. The van der Waals surface area contributed by atoms with Crippen molar-refractivity contribution in [1.29, 1.82) is 0 Å². The number of fused-ring (bicyclic) bond motifs is 1. The Hall–Kier alpha value is -1.54. The average molecular weight is 255 g/mol. The standard InChI is InChI=1S/C17H21NO/c1-19-17-14-8-5-4-7-13(14)10-11-15(17)16-9-3-2-6-12-18-16/h4-5,7-8,10-11,16,18H,2-3,6,9,12H2,1H3. The fourth-order valence-electron chi connectivity index (χ4n) is 3.06. The van der Waals surface area contributed by atoms with Crippen molar-refractivity contribution < 1.29 is 4.74 Å². The molecule has 1 fully saturated rings. The van der Waals surface area contributed by atoms with Crippen molar-refractivity contribution in [2.75, 3.05) is 13.7 Å². The summed E-state index contributed by atoms with van der Waals surface area (Å²) in [6, 6.07) is 13.3. The summed E-state index contributed by atoms with van der Waals surface area (Å²) in [5.41, 5.74) is 1.31. The van der Waals surface area contributed by atoms with Crippen LogP contribution < -0.4 is 10.1 Å². The minimum absolute atomic E-state index is 0.432. The van der Waals surface area contributed by atoms with E-state index in [1.54, 1.807) is 7.11 Å². The van der Waals surface area contributed by atoms with Crippen LogP contribution in [0.4, 0.5) is 0 Å². The van der Waals surface area contributed by atoms with Gasteiger partial charge in [-0.1, -0.05) is 49.2 Å². The highest BCUT2D eigenvalue weighted by atomic mass is 16.5. The summed E-state index contributed by atoms with van der Waals surface area (Å²) in [7, 11) is 1.78. The second-order valence-electron chi connectivity index (χ2n) is 5.27. The minimum atomic E-state index is 0.432. The van der Waals surface area contributed by atoms with Gasteiger partial charge in [-0.2, -0.15) is 0 Å². The van der Waals surface area contributed by atoms with Crippen LogP contribution in [0.1, 0.15) is 37.3 Å². The topological polar surface area (TPSA) is 21.3 Å². The van der Waals surface area contributed by atoms with Gasteiger partial charge in [0.05, 0.1) is 7.11 Å². The Bertz CT molecular complexity index is 556. The predicted octanol–water partition coefficient (Wildman–Crippen LogP) is 4.05. The molecule has 0 aliphatic carbocycles. The van der Waals surface area contributed by atoms with Gasteiger partial charge < -0.3 is 10.1 Å². The van der Waals surface area contributed by atoms with E-state index in [9.17, 15) is 0 Å². The van der Waals surface area contributed by atoms with Crippen LogP contribution in [0.5, 0.6) is 5.75 Å². The molecule has 0 radical (unpaired) electrons. The molecule has 100 valence electrons. The number of rotatable bonds is 2. The van der Waals surface area contributed by atoms with Gasteiger partial charge >= 0.3 is 0 Å². The molecule has 1 N–H and O–H groups in total. The minimum Gasteiger partial charge on any atom is -0.496 e. The number of hydrogen-bond donors (Lipinski definition) is 1. The Morgan fingerprint density at radius 3 is 2.84 bits per heavy atom. The van der Waals surface area contributed by atoms with E-state index >= 15 is 0 Å². The molecule has 19 heavy (non-hydrogen) atoms. The molecule has 2 aromatic rings. The first kappa shape index (κ1) is 12.5. The van der Waals surface area contributed by atoms with Gasteiger partial charge in [0.15, 0.2) is 0 Å². The monoisotopic (exact) mass is 255 g/mol. The van der Waals surface area contributed by atoms with E-state index in [1.165, 1.54) is 42.0 Å². The molecular formula is C17H21NO. The summed E-state index contributed by atoms with van der Waals surface area (Å²) in [5.74, 6) is 1.04. The maximum absolute atomic E-state index is 5.71. The highest BCUT2D eigenvalue weighted by molar-refractivity contribution is 5.89. The average Bonchev–Trinajstić information content (AvgIpc) is 2.75. The van der Waals surface area contributed by atoms with E-state index in [1.807, 2.05) is 0 Å². The molecule has 1 aliphatic rings. The van der Waals surface area contributed by atoms with Gasteiger partial charge in [-0.15, -0.1) is 0 Å². The molecule has 2 nitrogen and oxygen atoms in total. The molecule has 1 heterocycles. The second kappa shape index (κ2) is 5.62. The molecule has 1 aliphatic heterocycles. The normalized spacial score (nSPS) is 20.2. The van der Waals surface area contributed by atoms with Crippen molar-refractivity contribution in [2.24, 2.45) is 0 Å². The van der Waals surface area contributed by atoms with Gasteiger partial charge in [-0.3, -0.25) is 0 Å². The predicted molar refractivity (Wildman–Crippen MR) is 79.7 cm³/mol. The Morgan fingerprint density at radius 1 is 1.05 bits per heavy atom. The smallest absolute Gasteiger partial charge is 0.131 e. The number of benzene rings is 2. The van der Waals surface area contributed by atoms with E-state index in [0.29, 0.717) is 6.04 Å². The SMILES string of the molecule is COc1c(C2CCCCCN2)ccc2ccccc12. The Kier molecular flexibility index (Phi) is 3.69. The van der Waals surface area contributed by atoms with Crippen molar-refractivity contribution >= 4 is 10.8 Å². The highest BCUT2D eigenvalue weighted by Gasteiger charge is 2.18. The Labute approximate surface area is 114 Å². The van der Waals surface area contributed by atoms with Gasteiger partial charge in [0, 0.05) is 17.0 Å². The van der Waals surface area contributed by atoms with Gasteiger partial charge in [-0.25, -0.2) is 0 Å². The van der Waals surface area contributed by atoms with Crippen LogP contribution >= 0.6 is 0 Å². The first-order valence-corrected chi connectivity index (χ1v) is 7.19. The van der Waals surface area contributed by atoms with Crippen LogP contribution in [0, 0.1) is 0 Å². The zero-order chi connectivity index (χ0) is 13.1. The summed E-state index contributed by atoms with van der Waals surface area (Å²) in [5, 5.41) is 6.12. The van der Waals surface area contributed by atoms with E-state index < -0.39 is 0 Å². The quantitative estimate of drug-likeness (QED) is 0.874. The van der Waals surface area contributed by atoms with Crippen LogP contribution in [0.25, 0.3) is 10.8 Å². The summed E-state index contributed by atoms with van der Waals surface area (Å²) < 4.78 is 5.71. The molecule has 3 rings (SSSR count). The lowest BCUT2D eigenvalue weighted by atomic mass is 9.97. The molecular weight excluding hydrogens is 234 g/mol. The summed E-state index contributed by atoms with van der Waals surface area (Å²) in [6.07, 6.45) is 5.12. The maximum atomic E-state index is 5.71.